The Labute approximate surface area is 80.5 Å². The van der Waals surface area contributed by atoms with Gasteiger partial charge in [-0.05, 0) is 11.8 Å². The van der Waals surface area contributed by atoms with E-state index in [1.807, 2.05) is 34.6 Å². The van der Waals surface area contributed by atoms with Crippen LogP contribution in [-0.2, 0) is 4.79 Å². The maximum Gasteiger partial charge on any atom is 0.228 e. The number of carbonyl (C=O) groups is 1. The van der Waals surface area contributed by atoms with Crippen molar-refractivity contribution in [3.05, 3.63) is 0 Å². The van der Waals surface area contributed by atoms with Crippen molar-refractivity contribution in [2.24, 2.45) is 17.3 Å². The maximum atomic E-state index is 11.7. The molecule has 0 aliphatic rings. The van der Waals surface area contributed by atoms with Gasteiger partial charge in [-0.3, -0.25) is 4.79 Å². The summed E-state index contributed by atoms with van der Waals surface area (Å²) in [5.74, 6) is 0.457. The van der Waals surface area contributed by atoms with Crippen LogP contribution < -0.4 is 5.32 Å². The van der Waals surface area contributed by atoms with Crippen LogP contribution in [0.3, 0.4) is 0 Å². The van der Waals surface area contributed by atoms with Gasteiger partial charge in [0.1, 0.15) is 6.73 Å². The molecule has 3 nitrogen and oxygen atoms in total. The lowest BCUT2D eigenvalue weighted by atomic mass is 9.70. The topological polar surface area (TPSA) is 49.3 Å². The average molecular weight is 187 g/mol. The van der Waals surface area contributed by atoms with E-state index >= 15 is 0 Å². The largest absolute Gasteiger partial charge is 0.377 e. The standard InChI is InChI=1S/C10H21NO2/c1-7(2)10(5,8(3)4)9(13)11-6-12/h7-8,12H,6H2,1-5H3,(H,11,13). The van der Waals surface area contributed by atoms with E-state index in [4.69, 9.17) is 5.11 Å². The average Bonchev–Trinajstić information content (AvgIpc) is 2.02. The summed E-state index contributed by atoms with van der Waals surface area (Å²) in [6, 6.07) is 0. The third-order valence-electron chi connectivity index (χ3n) is 3.13. The van der Waals surface area contributed by atoms with E-state index in [-0.39, 0.29) is 24.5 Å². The zero-order chi connectivity index (χ0) is 10.6. The van der Waals surface area contributed by atoms with E-state index in [1.54, 1.807) is 0 Å². The van der Waals surface area contributed by atoms with Crippen LogP contribution in [0.1, 0.15) is 34.6 Å². The highest BCUT2D eigenvalue weighted by molar-refractivity contribution is 5.82. The molecule has 0 radical (unpaired) electrons. The quantitative estimate of drug-likeness (QED) is 0.653. The highest BCUT2D eigenvalue weighted by atomic mass is 16.3. The lowest BCUT2D eigenvalue weighted by Crippen LogP contribution is -2.46. The Balaban J connectivity index is 4.69. The Kier molecular flexibility index (Phi) is 4.40. The molecule has 0 rings (SSSR count). The van der Waals surface area contributed by atoms with Crippen LogP contribution in [0, 0.1) is 17.3 Å². The molecule has 0 aromatic heterocycles. The Hall–Kier alpha value is -0.570. The van der Waals surface area contributed by atoms with Crippen molar-refractivity contribution in [1.82, 2.24) is 5.32 Å². The number of aliphatic hydroxyl groups is 1. The van der Waals surface area contributed by atoms with Gasteiger partial charge in [0.25, 0.3) is 0 Å². The van der Waals surface area contributed by atoms with E-state index in [1.165, 1.54) is 0 Å². The predicted octanol–water partition coefficient (Wildman–Crippen LogP) is 1.37. The second-order valence-corrected chi connectivity index (χ2v) is 4.26. The summed E-state index contributed by atoms with van der Waals surface area (Å²) in [6.07, 6.45) is 0. The van der Waals surface area contributed by atoms with Crippen LogP contribution in [0.5, 0.6) is 0 Å². The van der Waals surface area contributed by atoms with Gasteiger partial charge in [-0.2, -0.15) is 0 Å². The number of hydrogen-bond acceptors (Lipinski definition) is 2. The van der Waals surface area contributed by atoms with Crippen molar-refractivity contribution < 1.29 is 9.90 Å². The lowest BCUT2D eigenvalue weighted by molar-refractivity contribution is -0.136. The van der Waals surface area contributed by atoms with Gasteiger partial charge in [0.15, 0.2) is 0 Å². The molecule has 0 saturated carbocycles. The first-order valence-electron chi connectivity index (χ1n) is 4.76. The smallest absolute Gasteiger partial charge is 0.228 e. The summed E-state index contributed by atoms with van der Waals surface area (Å²) in [6.45, 7) is 9.75. The van der Waals surface area contributed by atoms with Crippen LogP contribution >= 0.6 is 0 Å². The fourth-order valence-corrected chi connectivity index (χ4v) is 1.45. The molecule has 0 unspecified atom stereocenters. The molecule has 0 atom stereocenters. The molecule has 0 aromatic carbocycles. The summed E-state index contributed by atoms with van der Waals surface area (Å²) in [7, 11) is 0. The van der Waals surface area contributed by atoms with E-state index in [0.29, 0.717) is 0 Å². The van der Waals surface area contributed by atoms with Crippen LogP contribution in [0.2, 0.25) is 0 Å². The number of hydrogen-bond donors (Lipinski definition) is 2. The maximum absolute atomic E-state index is 11.7. The number of amides is 1. The molecule has 0 saturated heterocycles. The monoisotopic (exact) mass is 187 g/mol. The van der Waals surface area contributed by atoms with Crippen LogP contribution in [0.25, 0.3) is 0 Å². The van der Waals surface area contributed by atoms with Gasteiger partial charge >= 0.3 is 0 Å². The highest BCUT2D eigenvalue weighted by Crippen LogP contribution is 2.35. The Morgan fingerprint density at radius 3 is 1.92 bits per heavy atom. The fourth-order valence-electron chi connectivity index (χ4n) is 1.45. The molecule has 1 amide bonds. The Morgan fingerprint density at radius 1 is 1.31 bits per heavy atom. The zero-order valence-electron chi connectivity index (χ0n) is 9.22. The fraction of sp³-hybridized carbons (Fsp3) is 0.900. The lowest BCUT2D eigenvalue weighted by Gasteiger charge is -2.35. The summed E-state index contributed by atoms with van der Waals surface area (Å²) in [4.78, 5) is 11.7. The number of rotatable bonds is 4. The van der Waals surface area contributed by atoms with Crippen molar-refractivity contribution in [1.29, 1.82) is 0 Å². The molecular weight excluding hydrogens is 166 g/mol. The van der Waals surface area contributed by atoms with E-state index in [0.717, 1.165) is 0 Å². The van der Waals surface area contributed by atoms with E-state index in [9.17, 15) is 4.79 Å². The molecule has 0 aromatic rings. The van der Waals surface area contributed by atoms with E-state index < -0.39 is 5.41 Å². The van der Waals surface area contributed by atoms with Crippen molar-refractivity contribution in [3.8, 4) is 0 Å². The third-order valence-corrected chi connectivity index (χ3v) is 3.13. The number of aliphatic hydroxyl groups excluding tert-OH is 1. The Bertz CT molecular complexity index is 168. The van der Waals surface area contributed by atoms with Gasteiger partial charge in [0, 0.05) is 0 Å². The summed E-state index contributed by atoms with van der Waals surface area (Å²) in [5, 5.41) is 11.1. The summed E-state index contributed by atoms with van der Waals surface area (Å²) < 4.78 is 0. The van der Waals surface area contributed by atoms with Crippen molar-refractivity contribution in [2.75, 3.05) is 6.73 Å². The second kappa shape index (κ2) is 4.61. The van der Waals surface area contributed by atoms with Crippen LogP contribution in [0.15, 0.2) is 0 Å². The zero-order valence-corrected chi connectivity index (χ0v) is 9.22. The second-order valence-electron chi connectivity index (χ2n) is 4.26. The van der Waals surface area contributed by atoms with Crippen LogP contribution in [0.4, 0.5) is 0 Å². The molecule has 0 aliphatic carbocycles. The highest BCUT2D eigenvalue weighted by Gasteiger charge is 2.39. The molecule has 0 bridgehead atoms. The summed E-state index contributed by atoms with van der Waals surface area (Å²) >= 11 is 0. The van der Waals surface area contributed by atoms with Gasteiger partial charge < -0.3 is 10.4 Å². The summed E-state index contributed by atoms with van der Waals surface area (Å²) in [5.41, 5.74) is -0.400. The molecule has 78 valence electrons. The van der Waals surface area contributed by atoms with Crippen molar-refractivity contribution in [3.63, 3.8) is 0 Å². The van der Waals surface area contributed by atoms with E-state index in [2.05, 4.69) is 5.32 Å². The molecular formula is C10H21NO2. The van der Waals surface area contributed by atoms with Gasteiger partial charge in [-0.25, -0.2) is 0 Å². The predicted molar refractivity (Wildman–Crippen MR) is 53.0 cm³/mol. The van der Waals surface area contributed by atoms with Gasteiger partial charge in [0.2, 0.25) is 5.91 Å². The minimum absolute atomic E-state index is 0.0694. The third kappa shape index (κ3) is 2.44. The Morgan fingerprint density at radius 2 is 1.69 bits per heavy atom. The first kappa shape index (κ1) is 12.4. The van der Waals surface area contributed by atoms with Crippen molar-refractivity contribution in [2.45, 2.75) is 34.6 Å². The van der Waals surface area contributed by atoms with Gasteiger partial charge in [0.05, 0.1) is 5.41 Å². The van der Waals surface area contributed by atoms with Crippen molar-refractivity contribution >= 4 is 5.91 Å². The molecule has 0 aliphatic heterocycles. The van der Waals surface area contributed by atoms with Gasteiger partial charge in [-0.15, -0.1) is 0 Å². The molecule has 3 heteroatoms. The molecule has 0 spiro atoms. The minimum Gasteiger partial charge on any atom is -0.377 e. The minimum atomic E-state index is -0.400. The van der Waals surface area contributed by atoms with Crippen LogP contribution in [-0.4, -0.2) is 17.7 Å². The molecule has 0 heterocycles. The first-order chi connectivity index (χ1) is 5.87. The molecule has 13 heavy (non-hydrogen) atoms. The number of carbonyl (C=O) groups excluding carboxylic acids is 1. The molecule has 0 fully saturated rings. The first-order valence-corrected chi connectivity index (χ1v) is 4.76. The molecule has 2 N–H and O–H groups in total. The SMILES string of the molecule is CC(C)C(C)(C(=O)NCO)C(C)C. The van der Waals surface area contributed by atoms with Gasteiger partial charge in [-0.1, -0.05) is 34.6 Å². The normalized spacial score (nSPS) is 12.3. The number of nitrogens with one attached hydrogen (secondary N) is 1.